The van der Waals surface area contributed by atoms with Crippen molar-refractivity contribution in [1.29, 1.82) is 0 Å². The van der Waals surface area contributed by atoms with E-state index in [1.54, 1.807) is 0 Å². The minimum atomic E-state index is -3.02. The molecule has 0 aromatic rings. The van der Waals surface area contributed by atoms with Gasteiger partial charge in [-0.3, -0.25) is 0 Å². The third kappa shape index (κ3) is 6.98. The molecule has 0 spiro atoms. The summed E-state index contributed by atoms with van der Waals surface area (Å²) < 4.78 is 66.2. The van der Waals surface area contributed by atoms with E-state index in [0.717, 1.165) is 10.0 Å². The number of rotatable bonds is 2. The van der Waals surface area contributed by atoms with Gasteiger partial charge in [0, 0.05) is 0 Å². The lowest BCUT2D eigenvalue weighted by molar-refractivity contribution is 0.168. The minimum absolute atomic E-state index is 0.989. The summed E-state index contributed by atoms with van der Waals surface area (Å²) in [4.78, 5) is 0. The molecule has 0 aliphatic heterocycles. The number of halogens is 2. The second kappa shape index (κ2) is 5.28. The van der Waals surface area contributed by atoms with Crippen molar-refractivity contribution in [3.63, 3.8) is 0 Å². The summed E-state index contributed by atoms with van der Waals surface area (Å²) in [6, 6.07) is -3.85. The highest BCUT2D eigenvalue weighted by Crippen LogP contribution is 2.01. The first-order chi connectivity index (χ1) is 5.91. The van der Waals surface area contributed by atoms with Crippen LogP contribution in [-0.2, 0) is 25.3 Å². The molecular weight excluding hydrogens is 230 g/mol. The maximum Gasteiger partial charge on any atom is 0.342 e. The number of hydrogen-bond acceptors (Lipinski definition) is 5. The molecule has 72 valence electrons. The summed E-state index contributed by atoms with van der Waals surface area (Å²) in [5.74, 6) is 0. The van der Waals surface area contributed by atoms with Crippen LogP contribution in [0.15, 0.2) is 12.0 Å². The summed E-state index contributed by atoms with van der Waals surface area (Å²) in [7, 11) is -6.05. The Morgan fingerprint density at radius 2 is 1.23 bits per heavy atom. The molecule has 0 saturated heterocycles. The first-order valence-electron chi connectivity index (χ1n) is 2.36. The Labute approximate surface area is 73.6 Å². The van der Waals surface area contributed by atoms with Crippen LogP contribution >= 0.6 is 0 Å². The van der Waals surface area contributed by atoms with Crippen molar-refractivity contribution in [3.05, 3.63) is 12.0 Å². The van der Waals surface area contributed by atoms with E-state index >= 15 is 0 Å². The summed E-state index contributed by atoms with van der Waals surface area (Å²) in [5.41, 5.74) is 0. The molecule has 0 atom stereocenters. The molecule has 0 aromatic heterocycles. The van der Waals surface area contributed by atoms with Gasteiger partial charge in [-0.1, -0.05) is 0 Å². The average Bonchev–Trinajstić information content (AvgIpc) is 1.80. The molecule has 13 heavy (non-hydrogen) atoms. The van der Waals surface area contributed by atoms with E-state index in [1.165, 1.54) is 0 Å². The Morgan fingerprint density at radius 3 is 1.46 bits per heavy atom. The molecular formula is C4F2O5S2. The normalized spacial score (nSPS) is 7.85. The lowest BCUT2D eigenvalue weighted by Gasteiger charge is -1.88. The summed E-state index contributed by atoms with van der Waals surface area (Å²) >= 11 is 0. The van der Waals surface area contributed by atoms with Gasteiger partial charge >= 0.3 is 12.0 Å². The Bertz CT molecular complexity index is 461. The summed E-state index contributed by atoms with van der Waals surface area (Å²) in [6.45, 7) is 0. The molecule has 0 rings (SSSR count). The van der Waals surface area contributed by atoms with Crippen LogP contribution in [0.2, 0.25) is 0 Å². The maximum absolute atomic E-state index is 12.0. The Balaban J connectivity index is 5.12. The quantitative estimate of drug-likeness (QED) is 0.457. The van der Waals surface area contributed by atoms with Gasteiger partial charge in [-0.15, -0.1) is 0 Å². The van der Waals surface area contributed by atoms with E-state index in [1.807, 2.05) is 0 Å². The van der Waals surface area contributed by atoms with E-state index in [9.17, 15) is 25.6 Å². The minimum Gasteiger partial charge on any atom is -0.390 e. The molecule has 0 aliphatic rings. The zero-order valence-electron chi connectivity index (χ0n) is 5.61. The first kappa shape index (κ1) is 11.6. The van der Waals surface area contributed by atoms with E-state index in [2.05, 4.69) is 4.74 Å². The maximum atomic E-state index is 12.0. The van der Waals surface area contributed by atoms with Crippen molar-refractivity contribution in [2.24, 2.45) is 0 Å². The molecule has 0 heterocycles. The lowest BCUT2D eigenvalue weighted by atomic mass is 11.0. The molecule has 0 unspecified atom stereocenters. The Morgan fingerprint density at radius 1 is 0.923 bits per heavy atom. The zero-order chi connectivity index (χ0) is 10.4. The van der Waals surface area contributed by atoms with Crippen LogP contribution in [0.25, 0.3) is 0 Å². The molecule has 0 radical (unpaired) electrons. The predicted octanol–water partition coefficient (Wildman–Crippen LogP) is -0.815. The lowest BCUT2D eigenvalue weighted by Crippen LogP contribution is -1.85. The highest BCUT2D eigenvalue weighted by Gasteiger charge is 1.99. The molecule has 5 nitrogen and oxygen atoms in total. The van der Waals surface area contributed by atoms with Gasteiger partial charge in [0.05, 0.1) is 10.0 Å². The third-order valence-electron chi connectivity index (χ3n) is 0.506. The van der Waals surface area contributed by atoms with Crippen molar-refractivity contribution < 1.29 is 30.4 Å². The predicted molar refractivity (Wildman–Crippen MR) is 38.2 cm³/mol. The van der Waals surface area contributed by atoms with Crippen LogP contribution in [0.4, 0.5) is 8.78 Å². The average molecular weight is 230 g/mol. The van der Waals surface area contributed by atoms with E-state index in [4.69, 9.17) is 0 Å². The Hall–Kier alpha value is -1.40. The van der Waals surface area contributed by atoms with Gasteiger partial charge in [0.1, 0.15) is 0 Å². The fourth-order valence-corrected chi connectivity index (χ4v) is 0.597. The van der Waals surface area contributed by atoms with E-state index < -0.39 is 32.6 Å². The standard InChI is InChI=1S/C4F2O5S2/c5-3(1-12(7)8)11-4(6)2-13(9)10. The van der Waals surface area contributed by atoms with E-state index in [-0.39, 0.29) is 0 Å². The second-order valence-electron chi connectivity index (χ2n) is 1.32. The van der Waals surface area contributed by atoms with Crippen molar-refractivity contribution in [1.82, 2.24) is 0 Å². The molecule has 0 N–H and O–H groups in total. The SMILES string of the molecule is O=S(=O)=C=C(F)OC(F)=C=S(=O)=O. The Kier molecular flexibility index (Phi) is 4.71. The number of ether oxygens (including phenoxy) is 1. The smallest absolute Gasteiger partial charge is 0.342 e. The van der Waals surface area contributed by atoms with Crippen LogP contribution in [-0.4, -0.2) is 26.9 Å². The van der Waals surface area contributed by atoms with Gasteiger partial charge in [-0.05, 0) is 0 Å². The molecule has 0 aromatic carbocycles. The van der Waals surface area contributed by atoms with Crippen LogP contribution in [0.1, 0.15) is 0 Å². The topological polar surface area (TPSA) is 77.5 Å². The molecule has 9 heteroatoms. The highest BCUT2D eigenvalue weighted by molar-refractivity contribution is 7.71. The van der Waals surface area contributed by atoms with Gasteiger partial charge < -0.3 is 4.74 Å². The van der Waals surface area contributed by atoms with Gasteiger partial charge in [-0.2, -0.15) is 25.6 Å². The zero-order valence-corrected chi connectivity index (χ0v) is 7.25. The number of hydrogen-bond donors (Lipinski definition) is 0. The van der Waals surface area contributed by atoms with Crippen molar-refractivity contribution in [2.45, 2.75) is 0 Å². The van der Waals surface area contributed by atoms with Gasteiger partial charge in [0.15, 0.2) is 0 Å². The fraction of sp³-hybridized carbons (Fsp3) is 0. The van der Waals surface area contributed by atoms with Crippen molar-refractivity contribution in [3.8, 4) is 0 Å². The van der Waals surface area contributed by atoms with Crippen LogP contribution < -0.4 is 0 Å². The van der Waals surface area contributed by atoms with Crippen LogP contribution in [0.3, 0.4) is 0 Å². The second-order valence-corrected chi connectivity index (χ2v) is 2.67. The third-order valence-corrected chi connectivity index (χ3v) is 1.16. The van der Waals surface area contributed by atoms with Crippen molar-refractivity contribution in [2.75, 3.05) is 0 Å². The van der Waals surface area contributed by atoms with Crippen LogP contribution in [0, 0.1) is 0 Å². The van der Waals surface area contributed by atoms with Gasteiger partial charge in [0.25, 0.3) is 20.6 Å². The molecule has 0 saturated carbocycles. The summed E-state index contributed by atoms with van der Waals surface area (Å²) in [6.07, 6.45) is 0. The van der Waals surface area contributed by atoms with Gasteiger partial charge in [0.2, 0.25) is 0 Å². The largest absolute Gasteiger partial charge is 0.390 e. The molecule has 0 amide bonds. The first-order valence-corrected chi connectivity index (χ1v) is 4.51. The fourth-order valence-electron chi connectivity index (χ4n) is 0.251. The van der Waals surface area contributed by atoms with E-state index in [0.29, 0.717) is 0 Å². The molecule has 0 aliphatic carbocycles. The highest BCUT2D eigenvalue weighted by atomic mass is 32.2. The summed E-state index contributed by atoms with van der Waals surface area (Å²) in [5, 5.41) is 1.98. The van der Waals surface area contributed by atoms with Crippen LogP contribution in [0.5, 0.6) is 0 Å². The van der Waals surface area contributed by atoms with Gasteiger partial charge in [-0.25, -0.2) is 0 Å². The molecule has 0 bridgehead atoms. The van der Waals surface area contributed by atoms with Crippen molar-refractivity contribution >= 4 is 30.6 Å². The molecule has 0 fully saturated rings. The monoisotopic (exact) mass is 230 g/mol.